The van der Waals surface area contributed by atoms with E-state index in [1.807, 2.05) is 66.7 Å². The van der Waals surface area contributed by atoms with E-state index in [2.05, 4.69) is 24.3 Å². The first kappa shape index (κ1) is 21.4. The second kappa shape index (κ2) is 8.58. The van der Waals surface area contributed by atoms with Crippen molar-refractivity contribution in [1.29, 1.82) is 0 Å². The molecule has 1 aliphatic carbocycles. The number of carboxylic acids is 1. The molecule has 5 heteroatoms. The van der Waals surface area contributed by atoms with Crippen molar-refractivity contribution in [3.8, 4) is 11.1 Å². The number of rotatable bonds is 4. The van der Waals surface area contributed by atoms with Crippen molar-refractivity contribution in [3.05, 3.63) is 108 Å². The van der Waals surface area contributed by atoms with Crippen LogP contribution in [-0.2, 0) is 9.53 Å². The third-order valence-corrected chi connectivity index (χ3v) is 7.40. The van der Waals surface area contributed by atoms with Crippen molar-refractivity contribution in [3.63, 3.8) is 0 Å². The minimum Gasteiger partial charge on any atom is -0.480 e. The number of hydrogen-bond donors (Lipinski definition) is 1. The van der Waals surface area contributed by atoms with E-state index in [0.717, 1.165) is 38.6 Å². The van der Waals surface area contributed by atoms with Crippen molar-refractivity contribution in [1.82, 2.24) is 4.90 Å². The fraction of sp³-hybridized carbons (Fsp3) is 0.200. The van der Waals surface area contributed by atoms with Gasteiger partial charge in [-0.25, -0.2) is 9.59 Å². The monoisotopic (exact) mass is 463 g/mol. The van der Waals surface area contributed by atoms with Crippen molar-refractivity contribution < 1.29 is 19.4 Å². The Morgan fingerprint density at radius 1 is 0.771 bits per heavy atom. The van der Waals surface area contributed by atoms with Crippen LogP contribution in [0, 0.1) is 0 Å². The zero-order valence-electron chi connectivity index (χ0n) is 19.1. The fourth-order valence-electron chi connectivity index (χ4n) is 5.82. The first-order chi connectivity index (χ1) is 17.1. The van der Waals surface area contributed by atoms with Gasteiger partial charge in [0.05, 0.1) is 6.04 Å². The summed E-state index contributed by atoms with van der Waals surface area (Å²) in [6, 6.07) is 29.1. The highest BCUT2D eigenvalue weighted by atomic mass is 16.6. The third kappa shape index (κ3) is 3.55. The van der Waals surface area contributed by atoms with Crippen LogP contribution in [0.1, 0.15) is 41.5 Å². The Balaban J connectivity index is 1.31. The minimum atomic E-state index is -0.999. The largest absolute Gasteiger partial charge is 0.480 e. The SMILES string of the molecule is O=C(O)[C@@H]1CC[C@H](c2cccc3ccccc23)N1C(=O)OCC1c2ccccc2-c2ccccc21. The van der Waals surface area contributed by atoms with Crippen molar-refractivity contribution in [2.24, 2.45) is 0 Å². The van der Waals surface area contributed by atoms with Gasteiger partial charge in [-0.1, -0.05) is 91.0 Å². The molecule has 4 aromatic carbocycles. The molecule has 2 aliphatic rings. The first-order valence-corrected chi connectivity index (χ1v) is 12.0. The van der Waals surface area contributed by atoms with Crippen LogP contribution < -0.4 is 0 Å². The zero-order valence-corrected chi connectivity index (χ0v) is 19.1. The summed E-state index contributed by atoms with van der Waals surface area (Å²) in [6.45, 7) is 0.165. The van der Waals surface area contributed by atoms with E-state index in [-0.39, 0.29) is 18.6 Å². The van der Waals surface area contributed by atoms with E-state index in [1.165, 1.54) is 4.90 Å². The lowest BCUT2D eigenvalue weighted by atomic mass is 9.97. The van der Waals surface area contributed by atoms with E-state index in [0.29, 0.717) is 12.8 Å². The molecule has 0 radical (unpaired) electrons. The highest BCUT2D eigenvalue weighted by Gasteiger charge is 2.43. The van der Waals surface area contributed by atoms with Gasteiger partial charge in [-0.3, -0.25) is 4.90 Å². The van der Waals surface area contributed by atoms with Gasteiger partial charge in [0, 0.05) is 5.92 Å². The van der Waals surface area contributed by atoms with Crippen LogP contribution in [0.3, 0.4) is 0 Å². The number of ether oxygens (including phenoxy) is 1. The molecule has 1 saturated heterocycles. The number of benzene rings is 4. The predicted molar refractivity (Wildman–Crippen MR) is 134 cm³/mol. The molecular weight excluding hydrogens is 438 g/mol. The predicted octanol–water partition coefficient (Wildman–Crippen LogP) is 6.38. The van der Waals surface area contributed by atoms with Crippen molar-refractivity contribution in [2.45, 2.75) is 30.8 Å². The average molecular weight is 464 g/mol. The molecule has 0 aromatic heterocycles. The molecule has 4 aromatic rings. The second-order valence-electron chi connectivity index (χ2n) is 9.23. The van der Waals surface area contributed by atoms with Crippen LogP contribution in [-0.4, -0.2) is 34.7 Å². The molecule has 1 fully saturated rings. The molecule has 0 bridgehead atoms. The number of fused-ring (bicyclic) bond motifs is 4. The molecule has 1 aliphatic heterocycles. The Morgan fingerprint density at radius 2 is 1.37 bits per heavy atom. The molecule has 2 atom stereocenters. The lowest BCUT2D eigenvalue weighted by Crippen LogP contribution is -2.42. The summed E-state index contributed by atoms with van der Waals surface area (Å²) >= 11 is 0. The van der Waals surface area contributed by atoms with E-state index < -0.39 is 18.1 Å². The lowest BCUT2D eigenvalue weighted by molar-refractivity contribution is -0.142. The van der Waals surface area contributed by atoms with Crippen LogP contribution >= 0.6 is 0 Å². The maximum Gasteiger partial charge on any atom is 0.411 e. The van der Waals surface area contributed by atoms with E-state index in [4.69, 9.17) is 4.74 Å². The number of likely N-dealkylation sites (tertiary alicyclic amines) is 1. The smallest absolute Gasteiger partial charge is 0.411 e. The average Bonchev–Trinajstić information content (AvgIpc) is 3.47. The normalized spacial score (nSPS) is 18.9. The molecule has 1 N–H and O–H groups in total. The number of aliphatic carboxylic acids is 1. The van der Waals surface area contributed by atoms with Gasteiger partial charge in [0.25, 0.3) is 0 Å². The maximum absolute atomic E-state index is 13.5. The standard InChI is InChI=1S/C30H25NO4/c32-29(33)28-17-16-27(25-15-7-9-19-8-1-2-10-20(19)25)31(28)30(34)35-18-26-23-13-5-3-11-21(23)22-12-4-6-14-24(22)26/h1-15,26-28H,16-18H2,(H,32,33)/t27-,28+/m1/s1. The van der Waals surface area contributed by atoms with Gasteiger partial charge in [0.2, 0.25) is 0 Å². The Hall–Kier alpha value is -4.12. The summed E-state index contributed by atoms with van der Waals surface area (Å²) in [5.74, 6) is -1.07. The Morgan fingerprint density at radius 3 is 2.09 bits per heavy atom. The van der Waals surface area contributed by atoms with E-state index in [9.17, 15) is 14.7 Å². The van der Waals surface area contributed by atoms with Crippen molar-refractivity contribution >= 4 is 22.8 Å². The topological polar surface area (TPSA) is 66.8 Å². The highest BCUT2D eigenvalue weighted by molar-refractivity contribution is 5.88. The van der Waals surface area contributed by atoms with Crippen LogP contribution in [0.25, 0.3) is 21.9 Å². The van der Waals surface area contributed by atoms with Crippen LogP contribution in [0.4, 0.5) is 4.79 Å². The van der Waals surface area contributed by atoms with Gasteiger partial charge in [-0.2, -0.15) is 0 Å². The number of hydrogen-bond acceptors (Lipinski definition) is 3. The minimum absolute atomic E-state index is 0.0757. The summed E-state index contributed by atoms with van der Waals surface area (Å²) in [7, 11) is 0. The van der Waals surface area contributed by atoms with Crippen LogP contribution in [0.5, 0.6) is 0 Å². The number of carbonyl (C=O) groups excluding carboxylic acids is 1. The number of carbonyl (C=O) groups is 2. The fourth-order valence-corrected chi connectivity index (χ4v) is 5.82. The summed E-state index contributed by atoms with van der Waals surface area (Å²) in [5, 5.41) is 12.0. The summed E-state index contributed by atoms with van der Waals surface area (Å²) in [6.07, 6.45) is 0.400. The molecule has 0 spiro atoms. The molecule has 1 heterocycles. The zero-order chi connectivity index (χ0) is 23.9. The molecule has 1 amide bonds. The van der Waals surface area contributed by atoms with Gasteiger partial charge < -0.3 is 9.84 Å². The molecule has 0 unspecified atom stereocenters. The van der Waals surface area contributed by atoms with Crippen LogP contribution in [0.2, 0.25) is 0 Å². The summed E-state index contributed by atoms with van der Waals surface area (Å²) in [5.41, 5.74) is 5.52. The van der Waals surface area contributed by atoms with E-state index in [1.54, 1.807) is 0 Å². The lowest BCUT2D eigenvalue weighted by Gasteiger charge is -2.29. The highest BCUT2D eigenvalue weighted by Crippen LogP contribution is 2.45. The molecule has 35 heavy (non-hydrogen) atoms. The van der Waals surface area contributed by atoms with Gasteiger partial charge in [0.15, 0.2) is 0 Å². The molecular formula is C30H25NO4. The van der Waals surface area contributed by atoms with Gasteiger partial charge >= 0.3 is 12.1 Å². The molecule has 174 valence electrons. The number of nitrogens with zero attached hydrogens (tertiary/aromatic N) is 1. The second-order valence-corrected chi connectivity index (χ2v) is 9.23. The number of carboxylic acid groups (broad SMARTS) is 1. The van der Waals surface area contributed by atoms with Crippen molar-refractivity contribution in [2.75, 3.05) is 6.61 Å². The van der Waals surface area contributed by atoms with Crippen LogP contribution in [0.15, 0.2) is 91.0 Å². The van der Waals surface area contributed by atoms with Gasteiger partial charge in [-0.15, -0.1) is 0 Å². The maximum atomic E-state index is 13.5. The Bertz CT molecular complexity index is 1390. The molecule has 0 saturated carbocycles. The van der Waals surface area contributed by atoms with Gasteiger partial charge in [0.1, 0.15) is 12.6 Å². The summed E-state index contributed by atoms with van der Waals surface area (Å²) in [4.78, 5) is 27.0. The van der Waals surface area contributed by atoms with E-state index >= 15 is 0 Å². The summed E-state index contributed by atoms with van der Waals surface area (Å²) < 4.78 is 5.89. The van der Waals surface area contributed by atoms with Gasteiger partial charge in [-0.05, 0) is 51.4 Å². The Labute approximate surface area is 203 Å². The number of amides is 1. The first-order valence-electron chi connectivity index (χ1n) is 12.0. The Kier molecular flexibility index (Phi) is 5.25. The molecule has 6 rings (SSSR count). The quantitative estimate of drug-likeness (QED) is 0.381. The molecule has 5 nitrogen and oxygen atoms in total. The third-order valence-electron chi connectivity index (χ3n) is 7.40.